The number of carbonyl (C=O) groups is 1. The topological polar surface area (TPSA) is 63.2 Å². The molecule has 2 aromatic carbocycles. The summed E-state index contributed by atoms with van der Waals surface area (Å²) in [5, 5.41) is 2.30. The van der Waals surface area contributed by atoms with Crippen molar-refractivity contribution in [2.45, 2.75) is 30.4 Å². The van der Waals surface area contributed by atoms with Crippen molar-refractivity contribution in [2.75, 3.05) is 5.32 Å². The summed E-state index contributed by atoms with van der Waals surface area (Å²) >= 11 is 0. The third kappa shape index (κ3) is 3.95. The molecule has 0 spiro atoms. The number of carbonyl (C=O) groups excluding carboxylic acids is 1. The van der Waals surface area contributed by atoms with Crippen molar-refractivity contribution in [3.8, 4) is 0 Å². The first-order valence-electron chi connectivity index (χ1n) is 7.07. The smallest absolute Gasteiger partial charge is 0.228 e. The molecule has 0 unspecified atom stereocenters. The summed E-state index contributed by atoms with van der Waals surface area (Å²) in [6.07, 6.45) is 0.285. The normalized spacial score (nSPS) is 11.4. The molecule has 0 radical (unpaired) electrons. The van der Waals surface area contributed by atoms with Crippen molar-refractivity contribution >= 4 is 21.4 Å². The van der Waals surface area contributed by atoms with Crippen LogP contribution in [0.4, 0.5) is 5.69 Å². The Morgan fingerprint density at radius 2 is 1.59 bits per heavy atom. The van der Waals surface area contributed by atoms with Crippen LogP contribution in [-0.4, -0.2) is 19.6 Å². The molecule has 1 N–H and O–H groups in total. The van der Waals surface area contributed by atoms with Crippen LogP contribution in [0.5, 0.6) is 0 Å². The van der Waals surface area contributed by atoms with Crippen LogP contribution in [0.2, 0.25) is 0 Å². The van der Waals surface area contributed by atoms with Gasteiger partial charge < -0.3 is 5.32 Å². The number of rotatable bonds is 5. The van der Waals surface area contributed by atoms with E-state index >= 15 is 0 Å². The Kier molecular flexibility index (Phi) is 4.98. The zero-order chi connectivity index (χ0) is 16.2. The van der Waals surface area contributed by atoms with E-state index in [4.69, 9.17) is 0 Å². The summed E-state index contributed by atoms with van der Waals surface area (Å²) < 4.78 is 24.0. The average Bonchev–Trinajstić information content (AvgIpc) is 2.48. The lowest BCUT2D eigenvalue weighted by atomic mass is 10.1. The molecule has 0 bridgehead atoms. The van der Waals surface area contributed by atoms with Gasteiger partial charge in [-0.05, 0) is 43.7 Å². The fraction of sp³-hybridized carbons (Fsp3) is 0.235. The Morgan fingerprint density at radius 1 is 1.00 bits per heavy atom. The molecule has 0 aliphatic carbocycles. The highest BCUT2D eigenvalue weighted by Crippen LogP contribution is 2.18. The van der Waals surface area contributed by atoms with Crippen LogP contribution in [-0.2, 0) is 21.1 Å². The minimum absolute atomic E-state index is 0.134. The number of hydrogen-bond acceptors (Lipinski definition) is 3. The van der Waals surface area contributed by atoms with Gasteiger partial charge in [0.05, 0.1) is 16.6 Å². The molecule has 0 aliphatic rings. The molecule has 0 aliphatic heterocycles. The zero-order valence-corrected chi connectivity index (χ0v) is 13.4. The molecule has 116 valence electrons. The highest BCUT2D eigenvalue weighted by molar-refractivity contribution is 7.92. The summed E-state index contributed by atoms with van der Waals surface area (Å²) in [7, 11) is -3.28. The van der Waals surface area contributed by atoms with Crippen molar-refractivity contribution in [2.24, 2.45) is 0 Å². The van der Waals surface area contributed by atoms with E-state index in [1.807, 2.05) is 30.3 Å². The van der Waals surface area contributed by atoms with E-state index in [1.54, 1.807) is 26.0 Å². The maximum Gasteiger partial charge on any atom is 0.228 e. The SMILES string of the molecule is CC(C)S(=O)(=O)c1ccc(NC(=O)Cc2ccccc2)cc1. The monoisotopic (exact) mass is 317 g/mol. The molecule has 0 atom stereocenters. The van der Waals surface area contributed by atoms with Gasteiger partial charge in [0.25, 0.3) is 0 Å². The first-order chi connectivity index (χ1) is 10.4. The third-order valence-electron chi connectivity index (χ3n) is 3.29. The molecule has 2 rings (SSSR count). The van der Waals surface area contributed by atoms with Gasteiger partial charge in [-0.15, -0.1) is 0 Å². The molecule has 2 aromatic rings. The van der Waals surface area contributed by atoms with Gasteiger partial charge in [-0.3, -0.25) is 4.79 Å². The average molecular weight is 317 g/mol. The van der Waals surface area contributed by atoms with Gasteiger partial charge in [0.15, 0.2) is 9.84 Å². The first kappa shape index (κ1) is 16.2. The molecule has 0 aromatic heterocycles. The lowest BCUT2D eigenvalue weighted by Crippen LogP contribution is -2.15. The Labute approximate surface area is 131 Å². The highest BCUT2D eigenvalue weighted by atomic mass is 32.2. The minimum atomic E-state index is -3.28. The van der Waals surface area contributed by atoms with Gasteiger partial charge in [0.1, 0.15) is 0 Å². The Balaban J connectivity index is 2.04. The number of nitrogens with one attached hydrogen (secondary N) is 1. The van der Waals surface area contributed by atoms with E-state index in [0.717, 1.165) is 5.56 Å². The number of benzene rings is 2. The number of hydrogen-bond donors (Lipinski definition) is 1. The number of anilines is 1. The maximum atomic E-state index is 12.0. The van der Waals surface area contributed by atoms with Crippen molar-refractivity contribution in [1.29, 1.82) is 0 Å². The van der Waals surface area contributed by atoms with Crippen molar-refractivity contribution in [1.82, 2.24) is 0 Å². The van der Waals surface area contributed by atoms with Gasteiger partial charge in [0, 0.05) is 5.69 Å². The standard InChI is InChI=1S/C17H19NO3S/c1-13(2)22(20,21)16-10-8-15(9-11-16)18-17(19)12-14-6-4-3-5-7-14/h3-11,13H,12H2,1-2H3,(H,18,19). The summed E-state index contributed by atoms with van der Waals surface area (Å²) in [5.41, 5.74) is 1.52. The molecule has 1 amide bonds. The fourth-order valence-corrected chi connectivity index (χ4v) is 3.05. The Morgan fingerprint density at radius 3 is 2.14 bits per heavy atom. The number of amides is 1. The highest BCUT2D eigenvalue weighted by Gasteiger charge is 2.18. The summed E-state index contributed by atoms with van der Waals surface area (Å²) in [4.78, 5) is 12.2. The summed E-state index contributed by atoms with van der Waals surface area (Å²) in [5.74, 6) is -0.134. The Hall–Kier alpha value is -2.14. The molecule has 4 nitrogen and oxygen atoms in total. The molecular formula is C17H19NO3S. The van der Waals surface area contributed by atoms with Gasteiger partial charge in [-0.1, -0.05) is 30.3 Å². The minimum Gasteiger partial charge on any atom is -0.326 e. The van der Waals surface area contributed by atoms with Crippen LogP contribution in [0.25, 0.3) is 0 Å². The second kappa shape index (κ2) is 6.75. The third-order valence-corrected chi connectivity index (χ3v) is 5.47. The van der Waals surface area contributed by atoms with Crippen molar-refractivity contribution < 1.29 is 13.2 Å². The maximum absolute atomic E-state index is 12.0. The predicted molar refractivity (Wildman–Crippen MR) is 87.5 cm³/mol. The van der Waals surface area contributed by atoms with E-state index in [2.05, 4.69) is 5.32 Å². The van der Waals surface area contributed by atoms with E-state index < -0.39 is 15.1 Å². The molecule has 0 fully saturated rings. The summed E-state index contributed by atoms with van der Waals surface area (Å²) in [6, 6.07) is 15.7. The molecule has 5 heteroatoms. The predicted octanol–water partition coefficient (Wildman–Crippen LogP) is 3.05. The Bertz CT molecular complexity index is 735. The van der Waals surface area contributed by atoms with Crippen LogP contribution in [0.15, 0.2) is 59.5 Å². The molecule has 0 heterocycles. The van der Waals surface area contributed by atoms with Gasteiger partial charge in [-0.2, -0.15) is 0 Å². The van der Waals surface area contributed by atoms with Gasteiger partial charge in [-0.25, -0.2) is 8.42 Å². The van der Waals surface area contributed by atoms with Crippen LogP contribution < -0.4 is 5.32 Å². The van der Waals surface area contributed by atoms with Crippen molar-refractivity contribution in [3.63, 3.8) is 0 Å². The first-order valence-corrected chi connectivity index (χ1v) is 8.62. The van der Waals surface area contributed by atoms with Crippen LogP contribution in [0.1, 0.15) is 19.4 Å². The van der Waals surface area contributed by atoms with Crippen LogP contribution >= 0.6 is 0 Å². The second-order valence-electron chi connectivity index (χ2n) is 5.33. The lowest BCUT2D eigenvalue weighted by Gasteiger charge is -2.09. The molecular weight excluding hydrogens is 298 g/mol. The van der Waals surface area contributed by atoms with E-state index in [9.17, 15) is 13.2 Å². The fourth-order valence-electron chi connectivity index (χ4n) is 1.99. The van der Waals surface area contributed by atoms with Gasteiger partial charge in [0.2, 0.25) is 5.91 Å². The van der Waals surface area contributed by atoms with Crippen LogP contribution in [0, 0.1) is 0 Å². The van der Waals surface area contributed by atoms with Crippen LogP contribution in [0.3, 0.4) is 0 Å². The van der Waals surface area contributed by atoms with E-state index in [1.165, 1.54) is 12.1 Å². The van der Waals surface area contributed by atoms with E-state index in [-0.39, 0.29) is 17.2 Å². The summed E-state index contributed by atoms with van der Waals surface area (Å²) in [6.45, 7) is 3.29. The lowest BCUT2D eigenvalue weighted by molar-refractivity contribution is -0.115. The molecule has 22 heavy (non-hydrogen) atoms. The van der Waals surface area contributed by atoms with Crippen molar-refractivity contribution in [3.05, 3.63) is 60.2 Å². The van der Waals surface area contributed by atoms with E-state index in [0.29, 0.717) is 5.69 Å². The second-order valence-corrected chi connectivity index (χ2v) is 7.83. The van der Waals surface area contributed by atoms with Gasteiger partial charge >= 0.3 is 0 Å². The molecule has 0 saturated carbocycles. The molecule has 0 saturated heterocycles. The largest absolute Gasteiger partial charge is 0.326 e. The quantitative estimate of drug-likeness (QED) is 0.922. The zero-order valence-electron chi connectivity index (χ0n) is 12.6. The number of sulfone groups is 1.